The average molecular weight is 664 g/mol. The Morgan fingerprint density at radius 3 is 2.12 bits per heavy atom. The van der Waals surface area contributed by atoms with E-state index in [2.05, 4.69) is 88.0 Å². The summed E-state index contributed by atoms with van der Waals surface area (Å²) in [6, 6.07) is -0.704. The summed E-state index contributed by atoms with van der Waals surface area (Å²) < 4.78 is 7.11. The minimum Gasteiger partial charge on any atom is -0.530 e. The van der Waals surface area contributed by atoms with Crippen LogP contribution >= 0.6 is 0 Å². The van der Waals surface area contributed by atoms with Crippen LogP contribution in [0.4, 0.5) is 4.79 Å². The number of nitrogens with zero attached hydrogens (tertiary/aromatic N) is 4. The van der Waals surface area contributed by atoms with Crippen LogP contribution in [0.2, 0.25) is 0 Å². The van der Waals surface area contributed by atoms with Gasteiger partial charge in [0.1, 0.15) is 29.1 Å². The van der Waals surface area contributed by atoms with Crippen LogP contribution in [-0.2, 0) is 9.53 Å². The van der Waals surface area contributed by atoms with Crippen molar-refractivity contribution in [3.8, 4) is 0 Å². The van der Waals surface area contributed by atoms with Gasteiger partial charge in [0.15, 0.2) is 6.04 Å². The number of ether oxygens (including phenoxy) is 1. The molecule has 1 fully saturated rings. The summed E-state index contributed by atoms with van der Waals surface area (Å²) in [5, 5.41) is 18.3. The lowest BCUT2D eigenvalue weighted by atomic mass is 10.1. The van der Waals surface area contributed by atoms with Crippen LogP contribution in [-0.4, -0.2) is 58.2 Å². The molecule has 0 bridgehead atoms. The molecule has 1 aliphatic heterocycles. The van der Waals surface area contributed by atoms with E-state index in [0.717, 1.165) is 43.4 Å². The molecule has 2 amide bonds. The van der Waals surface area contributed by atoms with Gasteiger partial charge in [-0.25, -0.2) is 4.79 Å². The van der Waals surface area contributed by atoms with Gasteiger partial charge in [0.25, 0.3) is 5.56 Å². The summed E-state index contributed by atoms with van der Waals surface area (Å²) in [6.45, 7) is 3.51. The van der Waals surface area contributed by atoms with Gasteiger partial charge >= 0.3 is 5.69 Å². The number of H-pyrrole nitrogens is 1. The number of hydrogen-bond donors (Lipinski definition) is 3. The minimum atomic E-state index is -1.46. The largest absolute Gasteiger partial charge is 0.530 e. The molecule has 13 nitrogen and oxygen atoms in total. The third kappa shape index (κ3) is 15.6. The Morgan fingerprint density at radius 2 is 1.58 bits per heavy atom. The molecule has 0 saturated carbocycles. The number of amides is 2. The molecule has 0 aromatic carbocycles. The van der Waals surface area contributed by atoms with Crippen molar-refractivity contribution in [1.82, 2.24) is 24.7 Å². The average Bonchev–Trinajstić information content (AvgIpc) is 3.45. The van der Waals surface area contributed by atoms with Crippen molar-refractivity contribution in [2.45, 2.75) is 90.0 Å². The van der Waals surface area contributed by atoms with Crippen LogP contribution in [0, 0.1) is 12.5 Å². The zero-order chi connectivity index (χ0) is 35.0. The highest BCUT2D eigenvalue weighted by Gasteiger charge is 2.41. The van der Waals surface area contributed by atoms with E-state index in [1.807, 2.05) is 12.2 Å². The van der Waals surface area contributed by atoms with Crippen LogP contribution < -0.4 is 26.6 Å². The van der Waals surface area contributed by atoms with E-state index >= 15 is 0 Å². The number of aromatic amines is 1. The maximum absolute atomic E-state index is 12.3. The summed E-state index contributed by atoms with van der Waals surface area (Å²) in [7, 11) is 0. The number of rotatable bonds is 21. The SMILES string of the molecule is CCC=CCC=CCC=CCC=CCC=CCC=CCCC(=O)NCCN(C[C@@H]1O[C@H](n2cc(C)c(=O)[nH]c2=O)C[C@@H]1N=[N+]=N)C(=O)[O-]. The van der Waals surface area contributed by atoms with E-state index < -0.39 is 35.7 Å². The highest BCUT2D eigenvalue weighted by molar-refractivity contribution is 5.76. The maximum Gasteiger partial charge on any atom is 0.330 e. The number of nitrogens with one attached hydrogen (secondary N) is 3. The highest BCUT2D eigenvalue weighted by atomic mass is 16.5. The molecule has 1 aromatic heterocycles. The van der Waals surface area contributed by atoms with Crippen molar-refractivity contribution in [2.24, 2.45) is 5.11 Å². The van der Waals surface area contributed by atoms with Gasteiger partial charge in [-0.05, 0) is 51.9 Å². The fourth-order valence-electron chi connectivity index (χ4n) is 4.79. The summed E-state index contributed by atoms with van der Waals surface area (Å²) in [4.78, 5) is 54.3. The molecular weight excluding hydrogens is 614 g/mol. The molecule has 1 saturated heterocycles. The Labute approximate surface area is 281 Å². The van der Waals surface area contributed by atoms with Gasteiger partial charge in [-0.15, -0.1) is 0 Å². The van der Waals surface area contributed by atoms with Gasteiger partial charge in [-0.1, -0.05) is 79.8 Å². The fraction of sp³-hybridized carbons (Fsp3) is 0.486. The first-order chi connectivity index (χ1) is 23.3. The summed E-state index contributed by atoms with van der Waals surface area (Å²) in [5.74, 6) is -0.210. The standard InChI is InChI=1S/C35H49N7O6/c1-3-4-5-6-7-8-9-10-11-12-13-14-15-16-17-18-19-20-21-22-31(43)37-23-24-41(35(46)47)27-30-29(39-40-36)25-32(48-30)42-26-28(2)33(44)38-34(42)45/h4-5,7-8,10-11,13-14,16-17,19-20,26,29-30,32,36H,3,6,9,12,15,18,21-25,27H2,1-2H3,(H2-,37,38,43,44,45,46,47)/t29-,30-,32-/m0/s1. The van der Waals surface area contributed by atoms with E-state index in [-0.39, 0.29) is 38.4 Å². The number of carbonyl (C=O) groups is 2. The molecule has 2 rings (SSSR count). The molecule has 0 spiro atoms. The molecule has 13 heteroatoms. The second-order valence-corrected chi connectivity index (χ2v) is 11.1. The van der Waals surface area contributed by atoms with Crippen LogP contribution in [0.3, 0.4) is 0 Å². The van der Waals surface area contributed by atoms with E-state index in [0.29, 0.717) is 12.0 Å². The van der Waals surface area contributed by atoms with Crippen molar-refractivity contribution in [1.29, 1.82) is 5.53 Å². The fourth-order valence-corrected chi connectivity index (χ4v) is 4.79. The molecule has 48 heavy (non-hydrogen) atoms. The minimum absolute atomic E-state index is 0.0546. The van der Waals surface area contributed by atoms with Crippen LogP contribution in [0.1, 0.15) is 76.5 Å². The smallest absolute Gasteiger partial charge is 0.330 e. The van der Waals surface area contributed by atoms with Gasteiger partial charge in [-0.2, -0.15) is 0 Å². The van der Waals surface area contributed by atoms with Crippen molar-refractivity contribution in [2.75, 3.05) is 19.6 Å². The van der Waals surface area contributed by atoms with Gasteiger partial charge in [0.2, 0.25) is 10.8 Å². The van der Waals surface area contributed by atoms with Gasteiger partial charge in [-0.3, -0.25) is 19.1 Å². The lowest BCUT2D eigenvalue weighted by molar-refractivity contribution is -0.266. The topological polar surface area (TPSA) is 187 Å². The Balaban J connectivity index is 1.65. The second kappa shape index (κ2) is 23.4. The van der Waals surface area contributed by atoms with Crippen molar-refractivity contribution < 1.29 is 19.4 Å². The van der Waals surface area contributed by atoms with E-state index in [1.165, 1.54) is 17.7 Å². The second-order valence-electron chi connectivity index (χ2n) is 11.1. The number of carboxylic acid groups (broad SMARTS) is 1. The van der Waals surface area contributed by atoms with Gasteiger partial charge < -0.3 is 24.9 Å². The van der Waals surface area contributed by atoms with Gasteiger partial charge in [0, 0.05) is 44.2 Å². The number of allylic oxidation sites excluding steroid dienone is 12. The molecule has 1 aromatic rings. The Hall–Kier alpha value is -4.87. The summed E-state index contributed by atoms with van der Waals surface area (Å²) in [6.07, 6.45) is 30.2. The van der Waals surface area contributed by atoms with Crippen LogP contribution in [0.5, 0.6) is 0 Å². The summed E-state index contributed by atoms with van der Waals surface area (Å²) >= 11 is 0. The van der Waals surface area contributed by atoms with E-state index in [1.54, 1.807) is 0 Å². The molecular formula is C35H49N7O6. The normalized spacial score (nSPS) is 18.2. The lowest BCUT2D eigenvalue weighted by Crippen LogP contribution is -2.49. The van der Waals surface area contributed by atoms with Crippen molar-refractivity contribution in [3.05, 3.63) is 106 Å². The van der Waals surface area contributed by atoms with Crippen molar-refractivity contribution in [3.63, 3.8) is 0 Å². The predicted octanol–water partition coefficient (Wildman–Crippen LogP) is 4.29. The molecule has 260 valence electrons. The molecule has 3 atom stereocenters. The van der Waals surface area contributed by atoms with E-state index in [9.17, 15) is 24.3 Å². The number of hydrogen-bond acceptors (Lipinski definition) is 8. The number of aryl methyl sites for hydroxylation is 1. The number of carbonyl (C=O) groups excluding carboxylic acids is 2. The van der Waals surface area contributed by atoms with Crippen LogP contribution in [0.15, 0.2) is 93.8 Å². The Kier molecular flexibility index (Phi) is 19.2. The first kappa shape index (κ1) is 39.3. The van der Waals surface area contributed by atoms with Crippen LogP contribution in [0.25, 0.3) is 0 Å². The predicted molar refractivity (Wildman–Crippen MR) is 183 cm³/mol. The zero-order valence-corrected chi connectivity index (χ0v) is 28.0. The first-order valence-electron chi connectivity index (χ1n) is 16.4. The quantitative estimate of drug-likeness (QED) is 0.1000. The molecule has 3 N–H and O–H groups in total. The first-order valence-corrected chi connectivity index (χ1v) is 16.4. The lowest BCUT2D eigenvalue weighted by Gasteiger charge is -2.28. The van der Waals surface area contributed by atoms with Gasteiger partial charge in [0.05, 0.1) is 0 Å². The molecule has 0 aliphatic carbocycles. The Bertz CT molecular complexity index is 1500. The Morgan fingerprint density at radius 1 is 1.02 bits per heavy atom. The molecule has 0 unspecified atom stereocenters. The molecule has 2 heterocycles. The third-order valence-electron chi connectivity index (χ3n) is 7.36. The van der Waals surface area contributed by atoms with E-state index in [4.69, 9.17) is 10.3 Å². The summed E-state index contributed by atoms with van der Waals surface area (Å²) in [5.41, 5.74) is 6.22. The zero-order valence-electron chi connectivity index (χ0n) is 28.0. The third-order valence-corrected chi connectivity index (χ3v) is 7.36. The molecule has 1 aliphatic rings. The maximum atomic E-state index is 12.3. The monoisotopic (exact) mass is 663 g/mol. The highest BCUT2D eigenvalue weighted by Crippen LogP contribution is 2.30. The van der Waals surface area contributed by atoms with Crippen molar-refractivity contribution >= 4 is 12.0 Å². The molecule has 0 radical (unpaired) electrons. The number of aromatic nitrogens is 2.